The molecule has 2 heterocycles. The van der Waals surface area contributed by atoms with E-state index in [-0.39, 0.29) is 5.91 Å². The maximum atomic E-state index is 12.1. The predicted molar refractivity (Wildman–Crippen MR) is 74.3 cm³/mol. The van der Waals surface area contributed by atoms with Crippen molar-refractivity contribution in [1.29, 1.82) is 5.26 Å². The van der Waals surface area contributed by atoms with Crippen LogP contribution in [0.1, 0.15) is 11.3 Å². The van der Waals surface area contributed by atoms with Crippen molar-refractivity contribution < 1.29 is 9.21 Å². The Balaban J connectivity index is 2.01. The number of likely N-dealkylation sites (N-methyl/N-ethyl adjacent to an activating group) is 1. The van der Waals surface area contributed by atoms with Crippen LogP contribution in [0.25, 0.3) is 0 Å². The number of rotatable bonds is 2. The Labute approximate surface area is 116 Å². The topological polar surface area (TPSA) is 60.5 Å². The normalized spacial score (nSPS) is 14.1. The predicted octanol–water partition coefficient (Wildman–Crippen LogP) is 2.13. The highest BCUT2D eigenvalue weighted by Gasteiger charge is 2.27. The average Bonchev–Trinajstić information content (AvgIpc) is 2.97. The molecule has 20 heavy (non-hydrogen) atoms. The molecule has 0 radical (unpaired) electrons. The Bertz CT molecular complexity index is 686. The number of hydrogen-bond acceptors (Lipinski definition) is 4. The molecule has 2 aromatic rings. The van der Waals surface area contributed by atoms with E-state index in [1.807, 2.05) is 23.1 Å². The fourth-order valence-corrected chi connectivity index (χ4v) is 2.35. The van der Waals surface area contributed by atoms with Crippen molar-refractivity contribution in [3.8, 4) is 6.07 Å². The van der Waals surface area contributed by atoms with Gasteiger partial charge in [0.05, 0.1) is 42.4 Å². The second-order valence-electron chi connectivity index (χ2n) is 4.70. The molecule has 0 bridgehead atoms. The summed E-state index contributed by atoms with van der Waals surface area (Å²) < 4.78 is 5.34. The molecule has 5 heteroatoms. The van der Waals surface area contributed by atoms with E-state index in [1.54, 1.807) is 30.3 Å². The smallest absolute Gasteiger partial charge is 0.246 e. The minimum absolute atomic E-state index is 0.000791. The third-order valence-electron chi connectivity index (χ3n) is 3.43. The van der Waals surface area contributed by atoms with Gasteiger partial charge in [0, 0.05) is 7.05 Å². The molecule has 1 aromatic carbocycles. The van der Waals surface area contributed by atoms with E-state index in [0.29, 0.717) is 18.7 Å². The van der Waals surface area contributed by atoms with E-state index in [0.717, 1.165) is 17.1 Å². The highest BCUT2D eigenvalue weighted by atomic mass is 16.3. The van der Waals surface area contributed by atoms with Crippen LogP contribution in [0.2, 0.25) is 0 Å². The van der Waals surface area contributed by atoms with Gasteiger partial charge >= 0.3 is 0 Å². The van der Waals surface area contributed by atoms with Gasteiger partial charge < -0.3 is 14.2 Å². The van der Waals surface area contributed by atoms with Crippen LogP contribution in [0.3, 0.4) is 0 Å². The Kier molecular flexibility index (Phi) is 2.92. The van der Waals surface area contributed by atoms with Crippen molar-refractivity contribution in [2.45, 2.75) is 6.54 Å². The molecule has 0 spiro atoms. The molecule has 0 aliphatic carbocycles. The highest BCUT2D eigenvalue weighted by Crippen LogP contribution is 2.34. The van der Waals surface area contributed by atoms with E-state index in [1.165, 1.54) is 0 Å². The molecule has 0 atom stereocenters. The Morgan fingerprint density at radius 3 is 2.90 bits per heavy atom. The van der Waals surface area contributed by atoms with Crippen molar-refractivity contribution in [2.75, 3.05) is 23.4 Å². The number of hydrogen-bond donors (Lipinski definition) is 0. The van der Waals surface area contributed by atoms with Crippen LogP contribution < -0.4 is 9.80 Å². The van der Waals surface area contributed by atoms with Gasteiger partial charge in [-0.1, -0.05) is 0 Å². The number of nitrogens with zero attached hydrogens (tertiary/aromatic N) is 3. The Hall–Kier alpha value is -2.74. The molecule has 1 aliphatic rings. The van der Waals surface area contributed by atoms with Crippen LogP contribution in [-0.2, 0) is 11.3 Å². The molecule has 1 aromatic heterocycles. The zero-order chi connectivity index (χ0) is 14.1. The summed E-state index contributed by atoms with van der Waals surface area (Å²) >= 11 is 0. The molecule has 1 amide bonds. The SMILES string of the molecule is CN1C(=O)CN(Cc2ccco2)c2ccc(C#N)cc21. The molecule has 0 N–H and O–H groups in total. The summed E-state index contributed by atoms with van der Waals surface area (Å²) in [5.41, 5.74) is 2.23. The molecular formula is C15H13N3O2. The minimum atomic E-state index is -0.000791. The van der Waals surface area contributed by atoms with Gasteiger partial charge in [-0.2, -0.15) is 5.26 Å². The fourth-order valence-electron chi connectivity index (χ4n) is 2.35. The highest BCUT2D eigenvalue weighted by molar-refractivity contribution is 6.02. The largest absolute Gasteiger partial charge is 0.467 e. The molecule has 3 rings (SSSR count). The standard InChI is InChI=1S/C15H13N3O2/c1-17-14-7-11(8-16)4-5-13(14)18(10-15(17)19)9-12-3-2-6-20-12/h2-7H,9-10H2,1H3. The molecule has 1 aliphatic heterocycles. The third-order valence-corrected chi connectivity index (χ3v) is 3.43. The van der Waals surface area contributed by atoms with Gasteiger partial charge in [-0.05, 0) is 30.3 Å². The third kappa shape index (κ3) is 2.01. The first-order chi connectivity index (χ1) is 9.69. The molecule has 0 unspecified atom stereocenters. The quantitative estimate of drug-likeness (QED) is 0.836. The zero-order valence-electron chi connectivity index (χ0n) is 11.0. The number of furan rings is 1. The lowest BCUT2D eigenvalue weighted by molar-refractivity contribution is -0.117. The van der Waals surface area contributed by atoms with Gasteiger partial charge in [-0.25, -0.2) is 0 Å². The summed E-state index contributed by atoms with van der Waals surface area (Å²) in [6.07, 6.45) is 1.62. The summed E-state index contributed by atoms with van der Waals surface area (Å²) in [5, 5.41) is 8.98. The number of nitriles is 1. The second kappa shape index (κ2) is 4.74. The lowest BCUT2D eigenvalue weighted by atomic mass is 10.1. The van der Waals surface area contributed by atoms with Gasteiger partial charge in [0.1, 0.15) is 5.76 Å². The van der Waals surface area contributed by atoms with Gasteiger partial charge in [0.15, 0.2) is 0 Å². The Morgan fingerprint density at radius 1 is 1.35 bits per heavy atom. The van der Waals surface area contributed by atoms with Crippen molar-refractivity contribution in [2.24, 2.45) is 0 Å². The van der Waals surface area contributed by atoms with E-state index in [4.69, 9.17) is 9.68 Å². The number of anilines is 2. The summed E-state index contributed by atoms with van der Waals surface area (Å²) in [6.45, 7) is 0.835. The summed E-state index contributed by atoms with van der Waals surface area (Å²) in [7, 11) is 1.73. The maximum absolute atomic E-state index is 12.1. The van der Waals surface area contributed by atoms with E-state index in [9.17, 15) is 4.79 Å². The molecule has 0 fully saturated rings. The first kappa shape index (κ1) is 12.3. The second-order valence-corrected chi connectivity index (χ2v) is 4.70. The van der Waals surface area contributed by atoms with Crippen molar-refractivity contribution in [3.63, 3.8) is 0 Å². The van der Waals surface area contributed by atoms with Gasteiger partial charge in [-0.3, -0.25) is 4.79 Å². The van der Waals surface area contributed by atoms with E-state index >= 15 is 0 Å². The van der Waals surface area contributed by atoms with Crippen LogP contribution in [0.15, 0.2) is 41.0 Å². The first-order valence-corrected chi connectivity index (χ1v) is 6.27. The first-order valence-electron chi connectivity index (χ1n) is 6.27. The van der Waals surface area contributed by atoms with Crippen LogP contribution >= 0.6 is 0 Å². The van der Waals surface area contributed by atoms with Crippen molar-refractivity contribution in [1.82, 2.24) is 0 Å². The van der Waals surface area contributed by atoms with Gasteiger partial charge in [0.25, 0.3) is 0 Å². The fraction of sp³-hybridized carbons (Fsp3) is 0.200. The zero-order valence-corrected chi connectivity index (χ0v) is 11.0. The van der Waals surface area contributed by atoms with Gasteiger partial charge in [-0.15, -0.1) is 0 Å². The lowest BCUT2D eigenvalue weighted by Gasteiger charge is -2.35. The van der Waals surface area contributed by atoms with Gasteiger partial charge in [0.2, 0.25) is 5.91 Å². The average molecular weight is 267 g/mol. The molecule has 0 saturated heterocycles. The molecule has 0 saturated carbocycles. The molecule has 5 nitrogen and oxygen atoms in total. The van der Waals surface area contributed by atoms with Crippen LogP contribution in [0, 0.1) is 11.3 Å². The van der Waals surface area contributed by atoms with Crippen LogP contribution in [-0.4, -0.2) is 19.5 Å². The number of benzene rings is 1. The van der Waals surface area contributed by atoms with Crippen molar-refractivity contribution >= 4 is 17.3 Å². The van der Waals surface area contributed by atoms with Crippen LogP contribution in [0.5, 0.6) is 0 Å². The van der Waals surface area contributed by atoms with E-state index < -0.39 is 0 Å². The number of amides is 1. The van der Waals surface area contributed by atoms with Crippen LogP contribution in [0.4, 0.5) is 11.4 Å². The maximum Gasteiger partial charge on any atom is 0.246 e. The minimum Gasteiger partial charge on any atom is -0.467 e. The van der Waals surface area contributed by atoms with E-state index in [2.05, 4.69) is 6.07 Å². The number of carbonyl (C=O) groups is 1. The lowest BCUT2D eigenvalue weighted by Crippen LogP contribution is -2.43. The molecule has 100 valence electrons. The Morgan fingerprint density at radius 2 is 2.20 bits per heavy atom. The molecular weight excluding hydrogens is 254 g/mol. The summed E-state index contributed by atoms with van der Waals surface area (Å²) in [4.78, 5) is 15.6. The number of carbonyl (C=O) groups excluding carboxylic acids is 1. The monoisotopic (exact) mass is 267 g/mol. The summed E-state index contributed by atoms with van der Waals surface area (Å²) in [5.74, 6) is 0.803. The van der Waals surface area contributed by atoms with Crippen molar-refractivity contribution in [3.05, 3.63) is 47.9 Å². The number of fused-ring (bicyclic) bond motifs is 1. The summed E-state index contributed by atoms with van der Waals surface area (Å²) in [6, 6.07) is 11.2.